The summed E-state index contributed by atoms with van der Waals surface area (Å²) in [7, 11) is 0. The number of nitrogens with one attached hydrogen (secondary N) is 1. The predicted molar refractivity (Wildman–Crippen MR) is 53.1 cm³/mol. The van der Waals surface area contributed by atoms with E-state index in [1.807, 2.05) is 5.32 Å². The van der Waals surface area contributed by atoms with Crippen LogP contribution in [-0.2, 0) is 19.2 Å². The van der Waals surface area contributed by atoms with E-state index in [4.69, 9.17) is 5.11 Å². The first-order valence-corrected chi connectivity index (χ1v) is 4.69. The van der Waals surface area contributed by atoms with Crippen LogP contribution in [0.2, 0.25) is 0 Å². The van der Waals surface area contributed by atoms with E-state index in [1.54, 1.807) is 0 Å². The number of aromatic nitrogens is 1. The third kappa shape index (κ3) is 3.04. The topological polar surface area (TPSA) is 118 Å². The van der Waals surface area contributed by atoms with Crippen LogP contribution in [0, 0.1) is 5.13 Å². The molecule has 0 aliphatic rings. The number of amides is 1. The Hall–Kier alpha value is -2.36. The lowest BCUT2D eigenvalue weighted by Gasteiger charge is -1.94. The molecule has 1 rings (SSSR count). The number of thiazole rings is 1. The maximum Gasteiger partial charge on any atom is 0.360 e. The van der Waals surface area contributed by atoms with Gasteiger partial charge in [-0.25, -0.2) is 9.78 Å². The summed E-state index contributed by atoms with van der Waals surface area (Å²) < 4.78 is 13.3. The van der Waals surface area contributed by atoms with Crippen molar-refractivity contribution in [1.82, 2.24) is 4.98 Å². The maximum absolute atomic E-state index is 13.3. The van der Waals surface area contributed by atoms with Gasteiger partial charge in [-0.3, -0.25) is 9.59 Å². The van der Waals surface area contributed by atoms with Gasteiger partial charge in [-0.1, -0.05) is 16.5 Å². The zero-order chi connectivity index (χ0) is 12.8. The van der Waals surface area contributed by atoms with Crippen LogP contribution in [0.25, 0.3) is 0 Å². The van der Waals surface area contributed by atoms with E-state index in [0.29, 0.717) is 11.3 Å². The number of carboxylic acid groups (broad SMARTS) is 1. The second kappa shape index (κ2) is 5.65. The number of hydrogen-bond acceptors (Lipinski definition) is 7. The van der Waals surface area contributed by atoms with Gasteiger partial charge in [0.05, 0.1) is 0 Å². The highest BCUT2D eigenvalue weighted by Gasteiger charge is 2.23. The van der Waals surface area contributed by atoms with Gasteiger partial charge in [0.15, 0.2) is 5.13 Å². The first kappa shape index (κ1) is 12.7. The highest BCUT2D eigenvalue weighted by molar-refractivity contribution is 7.14. The third-order valence-electron chi connectivity index (χ3n) is 1.38. The first-order valence-electron chi connectivity index (χ1n) is 3.87. The SMILES string of the molecule is O=CNc1nc(/C(=N/OC=O)C(=O)O)c(F)s1. The highest BCUT2D eigenvalue weighted by Crippen LogP contribution is 2.21. The summed E-state index contributed by atoms with van der Waals surface area (Å²) in [6.07, 6.45) is 0.252. The molecule has 0 bridgehead atoms. The van der Waals surface area contributed by atoms with Crippen molar-refractivity contribution in [3.8, 4) is 0 Å². The molecule has 90 valence electrons. The zero-order valence-corrected chi connectivity index (χ0v) is 8.73. The first-order chi connectivity index (χ1) is 8.10. The number of halogens is 1. The number of rotatable bonds is 6. The van der Waals surface area contributed by atoms with Crippen molar-refractivity contribution < 1.29 is 28.7 Å². The Labute approximate surface area is 96.7 Å². The van der Waals surface area contributed by atoms with E-state index >= 15 is 0 Å². The number of aliphatic carboxylic acids is 1. The van der Waals surface area contributed by atoms with Gasteiger partial charge in [0.2, 0.25) is 17.3 Å². The Kier molecular flexibility index (Phi) is 4.22. The zero-order valence-electron chi connectivity index (χ0n) is 7.92. The average Bonchev–Trinajstić information content (AvgIpc) is 2.61. The van der Waals surface area contributed by atoms with Crippen LogP contribution in [0.5, 0.6) is 0 Å². The van der Waals surface area contributed by atoms with Crippen LogP contribution in [0.3, 0.4) is 0 Å². The molecule has 1 aromatic heterocycles. The Balaban J connectivity index is 3.14. The minimum atomic E-state index is -1.63. The summed E-state index contributed by atoms with van der Waals surface area (Å²) in [6.45, 7) is -0.127. The molecule has 0 spiro atoms. The number of nitrogens with zero attached hydrogens (tertiary/aromatic N) is 2. The van der Waals surface area contributed by atoms with E-state index in [-0.39, 0.29) is 18.0 Å². The van der Waals surface area contributed by atoms with Crippen molar-refractivity contribution in [3.05, 3.63) is 10.8 Å². The van der Waals surface area contributed by atoms with Gasteiger partial charge in [-0.05, 0) is 0 Å². The fourth-order valence-corrected chi connectivity index (χ4v) is 1.47. The van der Waals surface area contributed by atoms with Crippen LogP contribution >= 0.6 is 11.3 Å². The molecular formula is C7H4FN3O5S. The lowest BCUT2D eigenvalue weighted by atomic mass is 10.3. The third-order valence-corrected chi connectivity index (χ3v) is 2.16. The molecule has 8 nitrogen and oxygen atoms in total. The number of carboxylic acids is 1. The van der Waals surface area contributed by atoms with E-state index < -0.39 is 22.5 Å². The molecule has 0 saturated carbocycles. The second-order valence-electron chi connectivity index (χ2n) is 2.35. The lowest BCUT2D eigenvalue weighted by molar-refractivity contribution is -0.130. The number of oxime groups is 1. The summed E-state index contributed by atoms with van der Waals surface area (Å²) >= 11 is 0.410. The van der Waals surface area contributed by atoms with Crippen LogP contribution in [0.15, 0.2) is 5.16 Å². The van der Waals surface area contributed by atoms with Crippen molar-refractivity contribution in [2.45, 2.75) is 0 Å². The smallest absolute Gasteiger partial charge is 0.360 e. The van der Waals surface area contributed by atoms with Crippen LogP contribution in [0.1, 0.15) is 5.69 Å². The van der Waals surface area contributed by atoms with Crippen molar-refractivity contribution >= 4 is 41.0 Å². The Morgan fingerprint density at radius 1 is 1.59 bits per heavy atom. The second-order valence-corrected chi connectivity index (χ2v) is 3.30. The molecule has 0 atom stereocenters. The molecule has 0 fully saturated rings. The van der Waals surface area contributed by atoms with E-state index in [2.05, 4.69) is 15.0 Å². The van der Waals surface area contributed by atoms with Gasteiger partial charge >= 0.3 is 12.4 Å². The summed E-state index contributed by atoms with van der Waals surface area (Å²) in [5.74, 6) is -1.63. The molecule has 0 unspecified atom stereocenters. The molecule has 10 heteroatoms. The molecular weight excluding hydrogens is 257 g/mol. The molecule has 0 saturated heterocycles. The number of anilines is 1. The number of carbonyl (C=O) groups is 3. The fraction of sp³-hybridized carbons (Fsp3) is 0. The van der Waals surface area contributed by atoms with E-state index in [9.17, 15) is 18.8 Å². The van der Waals surface area contributed by atoms with Crippen molar-refractivity contribution in [2.75, 3.05) is 5.32 Å². The molecule has 0 radical (unpaired) electrons. The predicted octanol–water partition coefficient (Wildman–Crippen LogP) is -0.188. The number of hydrogen-bond donors (Lipinski definition) is 2. The minimum Gasteiger partial charge on any atom is -0.476 e. The van der Waals surface area contributed by atoms with Crippen molar-refractivity contribution in [3.63, 3.8) is 0 Å². The Bertz CT molecular complexity index is 486. The summed E-state index contributed by atoms with van der Waals surface area (Å²) in [6, 6.07) is 0. The minimum absolute atomic E-state index is 0.127. The molecule has 0 aromatic carbocycles. The van der Waals surface area contributed by atoms with Gasteiger partial charge in [-0.2, -0.15) is 4.39 Å². The van der Waals surface area contributed by atoms with E-state index in [1.165, 1.54) is 0 Å². The standard InChI is InChI=1S/C7H4FN3O5S/c8-5-3(10-7(17-5)9-1-12)4(6(14)15)11-16-2-13/h1-2H,(H,14,15)(H,9,10,12)/b11-4-. The summed E-state index contributed by atoms with van der Waals surface area (Å²) in [5.41, 5.74) is -1.52. The highest BCUT2D eigenvalue weighted by atomic mass is 32.1. The van der Waals surface area contributed by atoms with Gasteiger partial charge in [0.25, 0.3) is 0 Å². The Morgan fingerprint density at radius 3 is 2.82 bits per heavy atom. The quantitative estimate of drug-likeness (QED) is 0.317. The molecule has 17 heavy (non-hydrogen) atoms. The van der Waals surface area contributed by atoms with E-state index in [0.717, 1.165) is 0 Å². The fourth-order valence-electron chi connectivity index (χ4n) is 0.818. The molecule has 1 amide bonds. The largest absolute Gasteiger partial charge is 0.476 e. The van der Waals surface area contributed by atoms with Gasteiger partial charge in [-0.15, -0.1) is 0 Å². The maximum atomic E-state index is 13.3. The lowest BCUT2D eigenvalue weighted by Crippen LogP contribution is -2.17. The normalized spacial score (nSPS) is 10.8. The van der Waals surface area contributed by atoms with Gasteiger partial charge < -0.3 is 15.3 Å². The average molecular weight is 261 g/mol. The summed E-state index contributed by atoms with van der Waals surface area (Å²) in [5, 5.41) is 12.5. The van der Waals surface area contributed by atoms with Crippen LogP contribution in [-0.4, -0.2) is 34.7 Å². The monoisotopic (exact) mass is 261 g/mol. The van der Waals surface area contributed by atoms with Gasteiger partial charge in [0.1, 0.15) is 5.69 Å². The molecule has 2 N–H and O–H groups in total. The van der Waals surface area contributed by atoms with Crippen molar-refractivity contribution in [1.29, 1.82) is 0 Å². The molecule has 1 heterocycles. The summed E-state index contributed by atoms with van der Waals surface area (Å²) in [4.78, 5) is 38.0. The van der Waals surface area contributed by atoms with Crippen LogP contribution in [0.4, 0.5) is 9.52 Å². The Morgan fingerprint density at radius 2 is 2.29 bits per heavy atom. The van der Waals surface area contributed by atoms with Crippen molar-refractivity contribution in [2.24, 2.45) is 5.16 Å². The molecule has 1 aromatic rings. The van der Waals surface area contributed by atoms with Crippen LogP contribution < -0.4 is 5.32 Å². The molecule has 0 aliphatic heterocycles. The number of carbonyl (C=O) groups excluding carboxylic acids is 2. The molecule has 0 aliphatic carbocycles. The van der Waals surface area contributed by atoms with Gasteiger partial charge in [0, 0.05) is 0 Å².